The monoisotopic (exact) mass is 674 g/mol. The molecule has 11 heteroatoms. The van der Waals surface area contributed by atoms with Crippen LogP contribution in [0.25, 0.3) is 0 Å². The van der Waals surface area contributed by atoms with Gasteiger partial charge in [0.05, 0.1) is 12.9 Å². The summed E-state index contributed by atoms with van der Waals surface area (Å²) in [6, 6.07) is 32.9. The highest BCUT2D eigenvalue weighted by atomic mass is 16.5. The third kappa shape index (κ3) is 10.7. The molecule has 1 heterocycles. The standard InChI is InChI=1S/C39H42N6O5/c1-28(34-14-8-9-15-35(34)40)21-42-37(46)24-45(23-29-16-18-33(19-17-29)49-25-30-10-4-2-5-11-30)38(47)36(20-32-22-41-27-43-32)44-39(48)50-26-31-12-6-3-7-13-31/h2-19,22,27-28,36H,20-21,23-26,40H2,1H3,(H,41,43)(H,42,46)(H,44,48)/t28-,36+/m1/s1. The number of hydrogen-bond donors (Lipinski definition) is 4. The average Bonchev–Trinajstić information content (AvgIpc) is 3.66. The first-order valence-corrected chi connectivity index (χ1v) is 16.4. The van der Waals surface area contributed by atoms with E-state index in [9.17, 15) is 14.4 Å². The molecule has 3 amide bonds. The molecule has 0 saturated carbocycles. The topological polar surface area (TPSA) is 152 Å². The van der Waals surface area contributed by atoms with Crippen molar-refractivity contribution in [2.24, 2.45) is 0 Å². The zero-order valence-corrected chi connectivity index (χ0v) is 28.0. The Labute approximate surface area is 291 Å². The van der Waals surface area contributed by atoms with Crippen molar-refractivity contribution in [3.05, 3.63) is 150 Å². The smallest absolute Gasteiger partial charge is 0.408 e. The number of amides is 3. The van der Waals surface area contributed by atoms with Crippen LogP contribution in [0.15, 0.2) is 122 Å². The van der Waals surface area contributed by atoms with Crippen LogP contribution in [0.3, 0.4) is 0 Å². The van der Waals surface area contributed by atoms with Crippen LogP contribution < -0.4 is 21.1 Å². The molecule has 2 atom stereocenters. The molecule has 5 aromatic rings. The second-order valence-electron chi connectivity index (χ2n) is 12.0. The molecule has 50 heavy (non-hydrogen) atoms. The number of anilines is 1. The van der Waals surface area contributed by atoms with Crippen molar-refractivity contribution in [1.29, 1.82) is 0 Å². The maximum absolute atomic E-state index is 14.2. The Bertz CT molecular complexity index is 1800. The number of nitrogen functional groups attached to an aromatic ring is 1. The van der Waals surface area contributed by atoms with Crippen molar-refractivity contribution in [3.8, 4) is 5.75 Å². The second-order valence-corrected chi connectivity index (χ2v) is 12.0. The molecule has 0 aliphatic heterocycles. The number of aromatic nitrogens is 2. The summed E-state index contributed by atoms with van der Waals surface area (Å²) in [4.78, 5) is 49.1. The molecule has 11 nitrogen and oxygen atoms in total. The van der Waals surface area contributed by atoms with E-state index in [1.165, 1.54) is 11.2 Å². The Morgan fingerprint density at radius 1 is 0.840 bits per heavy atom. The van der Waals surface area contributed by atoms with Crippen molar-refractivity contribution >= 4 is 23.6 Å². The number of para-hydroxylation sites is 1. The molecule has 0 unspecified atom stereocenters. The second kappa shape index (κ2) is 17.9. The van der Waals surface area contributed by atoms with Crippen LogP contribution in [-0.4, -0.2) is 51.9 Å². The predicted molar refractivity (Wildman–Crippen MR) is 191 cm³/mol. The van der Waals surface area contributed by atoms with E-state index in [1.807, 2.05) is 116 Å². The van der Waals surface area contributed by atoms with E-state index in [0.29, 0.717) is 30.3 Å². The normalized spacial score (nSPS) is 11.9. The number of nitrogens with two attached hydrogens (primary N) is 1. The minimum absolute atomic E-state index is 0.0343. The molecule has 0 radical (unpaired) electrons. The van der Waals surface area contributed by atoms with Crippen LogP contribution in [0.5, 0.6) is 5.75 Å². The third-order valence-electron chi connectivity index (χ3n) is 8.11. The fourth-order valence-electron chi connectivity index (χ4n) is 5.37. The summed E-state index contributed by atoms with van der Waals surface area (Å²) in [5.41, 5.74) is 11.0. The summed E-state index contributed by atoms with van der Waals surface area (Å²) < 4.78 is 11.4. The van der Waals surface area contributed by atoms with Crippen LogP contribution in [0, 0.1) is 0 Å². The number of rotatable bonds is 16. The van der Waals surface area contributed by atoms with Crippen molar-refractivity contribution < 1.29 is 23.9 Å². The lowest BCUT2D eigenvalue weighted by molar-refractivity contribution is -0.138. The van der Waals surface area contributed by atoms with E-state index < -0.39 is 18.0 Å². The zero-order valence-electron chi connectivity index (χ0n) is 28.0. The predicted octanol–water partition coefficient (Wildman–Crippen LogP) is 5.36. The van der Waals surface area contributed by atoms with Gasteiger partial charge in [-0.2, -0.15) is 0 Å². The van der Waals surface area contributed by atoms with E-state index in [4.69, 9.17) is 15.2 Å². The molecule has 0 spiro atoms. The lowest BCUT2D eigenvalue weighted by atomic mass is 9.99. The van der Waals surface area contributed by atoms with Gasteiger partial charge in [-0.05, 0) is 40.5 Å². The first-order valence-electron chi connectivity index (χ1n) is 16.4. The van der Waals surface area contributed by atoms with E-state index in [1.54, 1.807) is 6.20 Å². The molecule has 1 aromatic heterocycles. The SMILES string of the molecule is C[C@H](CNC(=O)CN(Cc1ccc(OCc2ccccc2)cc1)C(=O)[C@H](Cc1cnc[nH]1)NC(=O)OCc1ccccc1)c1ccccc1N. The third-order valence-corrected chi connectivity index (χ3v) is 8.11. The number of hydrogen-bond acceptors (Lipinski definition) is 7. The summed E-state index contributed by atoms with van der Waals surface area (Å²) >= 11 is 0. The molecular formula is C39H42N6O5. The van der Waals surface area contributed by atoms with Crippen LogP contribution in [-0.2, 0) is 40.5 Å². The molecule has 5 rings (SSSR count). The van der Waals surface area contributed by atoms with E-state index >= 15 is 0 Å². The van der Waals surface area contributed by atoms with Gasteiger partial charge in [-0.15, -0.1) is 0 Å². The van der Waals surface area contributed by atoms with E-state index in [2.05, 4.69) is 20.6 Å². The Kier molecular flexibility index (Phi) is 12.6. The van der Waals surface area contributed by atoms with Gasteiger partial charge in [0.1, 0.15) is 25.0 Å². The number of carbonyl (C=O) groups excluding carboxylic acids is 3. The number of nitrogens with zero attached hydrogens (tertiary/aromatic N) is 2. The molecule has 0 saturated heterocycles. The summed E-state index contributed by atoms with van der Waals surface area (Å²) in [5, 5.41) is 5.67. The molecule has 0 fully saturated rings. The highest BCUT2D eigenvalue weighted by Gasteiger charge is 2.29. The minimum Gasteiger partial charge on any atom is -0.489 e. The van der Waals surface area contributed by atoms with Gasteiger partial charge < -0.3 is 35.7 Å². The number of aromatic amines is 1. The number of H-pyrrole nitrogens is 1. The maximum Gasteiger partial charge on any atom is 0.408 e. The lowest BCUT2D eigenvalue weighted by Gasteiger charge is -2.28. The quantitative estimate of drug-likeness (QED) is 0.103. The minimum atomic E-state index is -1.05. The van der Waals surface area contributed by atoms with Gasteiger partial charge in [0.15, 0.2) is 0 Å². The molecule has 0 aliphatic rings. The summed E-state index contributed by atoms with van der Waals surface area (Å²) in [5.74, 6) is -0.199. The van der Waals surface area contributed by atoms with E-state index in [0.717, 1.165) is 22.3 Å². The van der Waals surface area contributed by atoms with Gasteiger partial charge >= 0.3 is 6.09 Å². The largest absolute Gasteiger partial charge is 0.489 e. The van der Waals surface area contributed by atoms with Gasteiger partial charge in [-0.3, -0.25) is 9.59 Å². The van der Waals surface area contributed by atoms with Crippen LogP contribution >= 0.6 is 0 Å². The van der Waals surface area contributed by atoms with Crippen LogP contribution in [0.2, 0.25) is 0 Å². The highest BCUT2D eigenvalue weighted by Crippen LogP contribution is 2.21. The van der Waals surface area contributed by atoms with Gasteiger partial charge in [-0.1, -0.05) is 97.9 Å². The number of carbonyl (C=O) groups is 3. The van der Waals surface area contributed by atoms with Gasteiger partial charge in [-0.25, -0.2) is 9.78 Å². The maximum atomic E-state index is 14.2. The number of alkyl carbamates (subject to hydrolysis) is 1. The van der Waals surface area contributed by atoms with Crippen molar-refractivity contribution in [2.75, 3.05) is 18.8 Å². The Morgan fingerprint density at radius 3 is 2.16 bits per heavy atom. The van der Waals surface area contributed by atoms with Crippen molar-refractivity contribution in [1.82, 2.24) is 25.5 Å². The fraction of sp³-hybridized carbons (Fsp3) is 0.231. The van der Waals surface area contributed by atoms with Crippen molar-refractivity contribution in [3.63, 3.8) is 0 Å². The molecule has 0 aliphatic carbocycles. The van der Waals surface area contributed by atoms with Crippen LogP contribution in [0.1, 0.15) is 40.8 Å². The first-order chi connectivity index (χ1) is 24.3. The Balaban J connectivity index is 1.30. The Hall–Kier alpha value is -6.10. The number of imidazole rings is 1. The summed E-state index contributed by atoms with van der Waals surface area (Å²) in [6.07, 6.45) is 2.43. The zero-order chi connectivity index (χ0) is 35.1. The molecule has 0 bridgehead atoms. The van der Waals surface area contributed by atoms with Crippen molar-refractivity contribution in [2.45, 2.75) is 45.1 Å². The molecule has 258 valence electrons. The van der Waals surface area contributed by atoms with E-state index in [-0.39, 0.29) is 37.9 Å². The lowest BCUT2D eigenvalue weighted by Crippen LogP contribution is -2.52. The average molecular weight is 675 g/mol. The molecular weight excluding hydrogens is 632 g/mol. The van der Waals surface area contributed by atoms with Gasteiger partial charge in [0.2, 0.25) is 11.8 Å². The molecule has 5 N–H and O–H groups in total. The number of ether oxygens (including phenoxy) is 2. The van der Waals surface area contributed by atoms with Gasteiger partial charge in [0, 0.05) is 43.0 Å². The Morgan fingerprint density at radius 2 is 1.50 bits per heavy atom. The highest BCUT2D eigenvalue weighted by molar-refractivity contribution is 5.89. The number of benzene rings is 4. The first kappa shape index (κ1) is 35.2. The summed E-state index contributed by atoms with van der Waals surface area (Å²) in [6.45, 7) is 2.60. The fourth-order valence-corrected chi connectivity index (χ4v) is 5.37. The number of nitrogens with one attached hydrogen (secondary N) is 3. The van der Waals surface area contributed by atoms with Crippen LogP contribution in [0.4, 0.5) is 10.5 Å². The van der Waals surface area contributed by atoms with Gasteiger partial charge in [0.25, 0.3) is 0 Å². The summed E-state index contributed by atoms with van der Waals surface area (Å²) in [7, 11) is 0. The molecule has 4 aromatic carbocycles.